The highest BCUT2D eigenvalue weighted by atomic mass is 16.5. The van der Waals surface area contributed by atoms with E-state index in [1.54, 1.807) is 24.3 Å². The van der Waals surface area contributed by atoms with E-state index in [0.29, 0.717) is 42.2 Å². The predicted octanol–water partition coefficient (Wildman–Crippen LogP) is 2.35. The maximum atomic E-state index is 12.4. The second-order valence-electron chi connectivity index (χ2n) is 6.49. The van der Waals surface area contributed by atoms with Gasteiger partial charge in [0, 0.05) is 18.7 Å². The number of fused-ring (bicyclic) bond motifs is 1. The molecule has 1 N–H and O–H groups in total. The molecule has 1 fully saturated rings. The molecule has 2 aliphatic heterocycles. The molecular formula is C20H17NO7. The third-order valence-corrected chi connectivity index (χ3v) is 4.68. The number of hydrogen-bond donors (Lipinski definition) is 1. The molecule has 0 spiro atoms. The van der Waals surface area contributed by atoms with Crippen LogP contribution in [0.3, 0.4) is 0 Å². The van der Waals surface area contributed by atoms with Gasteiger partial charge in [-0.15, -0.1) is 0 Å². The Morgan fingerprint density at radius 2 is 2.18 bits per heavy atom. The highest BCUT2D eigenvalue weighted by molar-refractivity contribution is 6.14. The first-order chi connectivity index (χ1) is 13.5. The Hall–Kier alpha value is -3.55. The van der Waals surface area contributed by atoms with Crippen molar-refractivity contribution in [1.82, 2.24) is 4.90 Å². The summed E-state index contributed by atoms with van der Waals surface area (Å²) < 4.78 is 16.3. The number of rotatable bonds is 5. The van der Waals surface area contributed by atoms with Crippen molar-refractivity contribution < 1.29 is 33.4 Å². The van der Waals surface area contributed by atoms with E-state index in [-0.39, 0.29) is 24.1 Å². The van der Waals surface area contributed by atoms with Gasteiger partial charge in [0.05, 0.1) is 11.8 Å². The van der Waals surface area contributed by atoms with Crippen LogP contribution >= 0.6 is 0 Å². The molecular weight excluding hydrogens is 366 g/mol. The van der Waals surface area contributed by atoms with Gasteiger partial charge in [0.15, 0.2) is 12.4 Å². The summed E-state index contributed by atoms with van der Waals surface area (Å²) in [5.41, 5.74) is 0.391. The van der Waals surface area contributed by atoms with Crippen molar-refractivity contribution in [1.29, 1.82) is 0 Å². The number of benzene rings is 1. The molecule has 2 aromatic rings. The van der Waals surface area contributed by atoms with Crippen molar-refractivity contribution in [3.63, 3.8) is 0 Å². The molecule has 0 aliphatic carbocycles. The second kappa shape index (κ2) is 7.22. The van der Waals surface area contributed by atoms with Crippen LogP contribution in [0, 0.1) is 0 Å². The lowest BCUT2D eigenvalue weighted by Gasteiger charge is -2.21. The molecule has 1 amide bonds. The summed E-state index contributed by atoms with van der Waals surface area (Å²) in [4.78, 5) is 37.2. The first-order valence-corrected chi connectivity index (χ1v) is 8.80. The maximum absolute atomic E-state index is 12.4. The Morgan fingerprint density at radius 1 is 1.32 bits per heavy atom. The highest BCUT2D eigenvalue weighted by Crippen LogP contribution is 2.35. The molecule has 1 unspecified atom stereocenters. The van der Waals surface area contributed by atoms with Gasteiger partial charge in [0.25, 0.3) is 5.91 Å². The quantitative estimate of drug-likeness (QED) is 0.790. The van der Waals surface area contributed by atoms with Crippen LogP contribution in [0.5, 0.6) is 11.5 Å². The molecule has 0 saturated carbocycles. The molecule has 8 heteroatoms. The van der Waals surface area contributed by atoms with Crippen molar-refractivity contribution in [3.05, 3.63) is 53.7 Å². The van der Waals surface area contributed by atoms with Gasteiger partial charge in [-0.05, 0) is 37.1 Å². The number of carboxylic acid groups (broad SMARTS) is 1. The first-order valence-electron chi connectivity index (χ1n) is 8.80. The van der Waals surface area contributed by atoms with E-state index in [9.17, 15) is 19.5 Å². The van der Waals surface area contributed by atoms with E-state index in [2.05, 4.69) is 0 Å². The SMILES string of the molecule is O=C1C(=Cc2ccco2)Oc2cc(OCC(=O)N3CCCC3C(=O)O)ccc21. The Morgan fingerprint density at radius 3 is 2.93 bits per heavy atom. The van der Waals surface area contributed by atoms with Gasteiger partial charge in [-0.25, -0.2) is 4.79 Å². The number of carbonyl (C=O) groups excluding carboxylic acids is 2. The van der Waals surface area contributed by atoms with Gasteiger partial charge in [-0.3, -0.25) is 9.59 Å². The molecule has 8 nitrogen and oxygen atoms in total. The molecule has 144 valence electrons. The van der Waals surface area contributed by atoms with E-state index in [1.807, 2.05) is 0 Å². The van der Waals surface area contributed by atoms with Crippen LogP contribution in [0.2, 0.25) is 0 Å². The fourth-order valence-corrected chi connectivity index (χ4v) is 3.31. The summed E-state index contributed by atoms with van der Waals surface area (Å²) in [7, 11) is 0. The van der Waals surface area contributed by atoms with E-state index < -0.39 is 12.0 Å². The predicted molar refractivity (Wildman–Crippen MR) is 96.0 cm³/mol. The monoisotopic (exact) mass is 383 g/mol. The number of aliphatic carboxylic acids is 1. The fourth-order valence-electron chi connectivity index (χ4n) is 3.31. The third kappa shape index (κ3) is 3.36. The standard InChI is InChI=1S/C20H17NO7/c22-18(21-7-1-4-15(21)20(24)25)11-27-13-5-6-14-16(9-13)28-17(19(14)23)10-12-3-2-8-26-12/h2-3,5-6,8-10,15H,1,4,7,11H2,(H,24,25). The number of hydrogen-bond acceptors (Lipinski definition) is 6. The minimum absolute atomic E-state index is 0.138. The summed E-state index contributed by atoms with van der Waals surface area (Å²) in [6, 6.07) is 7.28. The van der Waals surface area contributed by atoms with Gasteiger partial charge < -0.3 is 23.9 Å². The van der Waals surface area contributed by atoms with E-state index in [0.717, 1.165) is 0 Å². The van der Waals surface area contributed by atoms with E-state index >= 15 is 0 Å². The van der Waals surface area contributed by atoms with Gasteiger partial charge in [0.1, 0.15) is 23.3 Å². The average Bonchev–Trinajstić information content (AvgIpc) is 3.41. The third-order valence-electron chi connectivity index (χ3n) is 4.68. The minimum atomic E-state index is -1.01. The molecule has 4 rings (SSSR count). The molecule has 1 saturated heterocycles. The zero-order valence-electron chi connectivity index (χ0n) is 14.8. The van der Waals surface area contributed by atoms with E-state index in [4.69, 9.17) is 13.9 Å². The molecule has 0 radical (unpaired) electrons. The lowest BCUT2D eigenvalue weighted by Crippen LogP contribution is -2.42. The summed E-state index contributed by atoms with van der Waals surface area (Å²) >= 11 is 0. The average molecular weight is 383 g/mol. The Bertz CT molecular complexity index is 961. The van der Waals surface area contributed by atoms with Crippen LogP contribution in [0.4, 0.5) is 0 Å². The van der Waals surface area contributed by atoms with Crippen LogP contribution < -0.4 is 9.47 Å². The number of Topliss-reactive ketones (excluding diaryl/α,β-unsaturated/α-hetero) is 1. The summed E-state index contributed by atoms with van der Waals surface area (Å²) in [5.74, 6) is -0.346. The van der Waals surface area contributed by atoms with Crippen molar-refractivity contribution in [3.8, 4) is 11.5 Å². The number of furan rings is 1. The molecule has 3 heterocycles. The number of ether oxygens (including phenoxy) is 2. The van der Waals surface area contributed by atoms with Crippen LogP contribution in [0.1, 0.15) is 29.0 Å². The molecule has 1 aromatic carbocycles. The highest BCUT2D eigenvalue weighted by Gasteiger charge is 2.34. The lowest BCUT2D eigenvalue weighted by molar-refractivity contribution is -0.148. The van der Waals surface area contributed by atoms with E-state index in [1.165, 1.54) is 23.3 Å². The largest absolute Gasteiger partial charge is 0.484 e. The molecule has 2 aliphatic rings. The summed E-state index contributed by atoms with van der Waals surface area (Å²) in [6.45, 7) is 0.119. The van der Waals surface area contributed by atoms with Crippen LogP contribution in [-0.2, 0) is 9.59 Å². The van der Waals surface area contributed by atoms with Gasteiger partial charge in [-0.2, -0.15) is 0 Å². The second-order valence-corrected chi connectivity index (χ2v) is 6.49. The van der Waals surface area contributed by atoms with Crippen molar-refractivity contribution >= 4 is 23.7 Å². The number of amides is 1. The summed E-state index contributed by atoms with van der Waals surface area (Å²) in [5, 5.41) is 9.17. The fraction of sp³-hybridized carbons (Fsp3) is 0.250. The number of allylic oxidation sites excluding steroid dienone is 1. The molecule has 1 atom stereocenters. The zero-order valence-corrected chi connectivity index (χ0v) is 14.8. The van der Waals surface area contributed by atoms with Crippen molar-refractivity contribution in [2.24, 2.45) is 0 Å². The van der Waals surface area contributed by atoms with Gasteiger partial charge in [-0.1, -0.05) is 0 Å². The van der Waals surface area contributed by atoms with Crippen molar-refractivity contribution in [2.75, 3.05) is 13.2 Å². The summed E-state index contributed by atoms with van der Waals surface area (Å²) in [6.07, 6.45) is 4.10. The minimum Gasteiger partial charge on any atom is -0.484 e. The normalized spacial score (nSPS) is 19.6. The van der Waals surface area contributed by atoms with Crippen LogP contribution in [0.15, 0.2) is 46.8 Å². The number of ketones is 1. The van der Waals surface area contributed by atoms with Gasteiger partial charge in [0.2, 0.25) is 5.78 Å². The Balaban J connectivity index is 1.43. The molecule has 1 aromatic heterocycles. The zero-order chi connectivity index (χ0) is 19.7. The van der Waals surface area contributed by atoms with Gasteiger partial charge >= 0.3 is 5.97 Å². The first kappa shape index (κ1) is 17.8. The Kier molecular flexibility index (Phi) is 4.60. The topological polar surface area (TPSA) is 106 Å². The molecule has 0 bridgehead atoms. The number of nitrogens with zero attached hydrogens (tertiary/aromatic N) is 1. The lowest BCUT2D eigenvalue weighted by atomic mass is 10.1. The number of carboxylic acids is 1. The number of carbonyl (C=O) groups is 3. The van der Waals surface area contributed by atoms with Crippen molar-refractivity contribution in [2.45, 2.75) is 18.9 Å². The number of likely N-dealkylation sites (tertiary alicyclic amines) is 1. The smallest absolute Gasteiger partial charge is 0.326 e. The van der Waals surface area contributed by atoms with Crippen LogP contribution in [-0.4, -0.2) is 46.9 Å². The molecule has 28 heavy (non-hydrogen) atoms. The van der Waals surface area contributed by atoms with Crippen LogP contribution in [0.25, 0.3) is 6.08 Å². The maximum Gasteiger partial charge on any atom is 0.326 e. The Labute approximate surface area is 159 Å².